The Bertz CT molecular complexity index is 1150. The van der Waals surface area contributed by atoms with Gasteiger partial charge in [0.25, 0.3) is 0 Å². The predicted molar refractivity (Wildman–Crippen MR) is 114 cm³/mol. The first-order chi connectivity index (χ1) is 14.9. The van der Waals surface area contributed by atoms with E-state index in [1.165, 1.54) is 4.31 Å². The van der Waals surface area contributed by atoms with Gasteiger partial charge in [0.1, 0.15) is 28.1 Å². The molecule has 8 nitrogen and oxygen atoms in total. The molecule has 1 aliphatic heterocycles. The number of amides is 1. The highest BCUT2D eigenvalue weighted by molar-refractivity contribution is 7.89. The average Bonchev–Trinajstić information content (AvgIpc) is 3.38. The minimum Gasteiger partial charge on any atom is -0.457 e. The Morgan fingerprint density at radius 2 is 1.77 bits per heavy atom. The van der Waals surface area contributed by atoms with E-state index in [1.54, 1.807) is 38.1 Å². The van der Waals surface area contributed by atoms with Crippen molar-refractivity contribution in [3.8, 4) is 11.5 Å². The quantitative estimate of drug-likeness (QED) is 0.623. The van der Waals surface area contributed by atoms with Crippen LogP contribution in [0.25, 0.3) is 0 Å². The number of aromatic nitrogens is 1. The fourth-order valence-corrected chi connectivity index (χ4v) is 5.66. The number of hydrogen-bond donors (Lipinski definition) is 1. The molecular weight excluding hydrogens is 418 g/mol. The zero-order valence-electron chi connectivity index (χ0n) is 17.2. The van der Waals surface area contributed by atoms with Gasteiger partial charge in [-0.2, -0.15) is 4.31 Å². The van der Waals surface area contributed by atoms with Crippen LogP contribution < -0.4 is 10.1 Å². The van der Waals surface area contributed by atoms with Gasteiger partial charge in [0, 0.05) is 12.2 Å². The Kier molecular flexibility index (Phi) is 5.79. The number of carbonyl (C=O) groups is 1. The molecule has 1 fully saturated rings. The number of aryl methyl sites for hydroxylation is 2. The molecule has 4 rings (SSSR count). The van der Waals surface area contributed by atoms with E-state index in [-0.39, 0.29) is 28.8 Å². The van der Waals surface area contributed by atoms with Gasteiger partial charge in [0.15, 0.2) is 5.76 Å². The van der Waals surface area contributed by atoms with E-state index in [9.17, 15) is 13.2 Å². The minimum atomic E-state index is -3.89. The number of nitrogens with one attached hydrogen (secondary N) is 1. The number of benzene rings is 2. The SMILES string of the molecule is Cc1noc(C)c1S(=O)(=O)N1CCC[C@H]1C(=O)Nc1ccc(Oc2ccccc2)cc1. The van der Waals surface area contributed by atoms with E-state index >= 15 is 0 Å². The smallest absolute Gasteiger partial charge is 0.249 e. The molecule has 0 saturated carbocycles. The van der Waals surface area contributed by atoms with Crippen molar-refractivity contribution in [1.29, 1.82) is 0 Å². The molecule has 0 bridgehead atoms. The van der Waals surface area contributed by atoms with Crippen LogP contribution in [0.5, 0.6) is 11.5 Å². The molecule has 1 aromatic heterocycles. The maximum Gasteiger partial charge on any atom is 0.249 e. The molecule has 1 N–H and O–H groups in total. The second-order valence-corrected chi connectivity index (χ2v) is 9.18. The second-order valence-electron chi connectivity index (χ2n) is 7.36. The molecule has 0 aliphatic carbocycles. The fraction of sp³-hybridized carbons (Fsp3) is 0.273. The highest BCUT2D eigenvalue weighted by Crippen LogP contribution is 2.30. The highest BCUT2D eigenvalue weighted by Gasteiger charge is 2.41. The minimum absolute atomic E-state index is 0.0367. The number of carbonyl (C=O) groups excluding carboxylic acids is 1. The number of rotatable bonds is 6. The van der Waals surface area contributed by atoms with Gasteiger partial charge in [-0.25, -0.2) is 8.42 Å². The first-order valence-electron chi connectivity index (χ1n) is 9.95. The van der Waals surface area contributed by atoms with Crippen molar-refractivity contribution in [3.63, 3.8) is 0 Å². The maximum absolute atomic E-state index is 13.2. The van der Waals surface area contributed by atoms with Crippen LogP contribution in [0.3, 0.4) is 0 Å². The first-order valence-corrected chi connectivity index (χ1v) is 11.4. The van der Waals surface area contributed by atoms with Gasteiger partial charge in [-0.15, -0.1) is 0 Å². The molecule has 31 heavy (non-hydrogen) atoms. The summed E-state index contributed by atoms with van der Waals surface area (Å²) in [7, 11) is -3.89. The summed E-state index contributed by atoms with van der Waals surface area (Å²) in [6.07, 6.45) is 1.05. The van der Waals surface area contributed by atoms with Crippen molar-refractivity contribution in [3.05, 3.63) is 66.1 Å². The van der Waals surface area contributed by atoms with E-state index in [0.717, 1.165) is 0 Å². The molecule has 0 unspecified atom stereocenters. The van der Waals surface area contributed by atoms with Crippen molar-refractivity contribution < 1.29 is 22.5 Å². The lowest BCUT2D eigenvalue weighted by Crippen LogP contribution is -2.43. The summed E-state index contributed by atoms with van der Waals surface area (Å²) in [5.41, 5.74) is 0.851. The molecule has 2 aromatic carbocycles. The Morgan fingerprint density at radius 3 is 2.42 bits per heavy atom. The van der Waals surface area contributed by atoms with Crippen molar-refractivity contribution in [1.82, 2.24) is 9.46 Å². The first kappa shape index (κ1) is 21.1. The van der Waals surface area contributed by atoms with Crippen molar-refractivity contribution in [2.45, 2.75) is 37.6 Å². The van der Waals surface area contributed by atoms with E-state index in [0.29, 0.717) is 30.0 Å². The highest BCUT2D eigenvalue weighted by atomic mass is 32.2. The molecule has 3 aromatic rings. The van der Waals surface area contributed by atoms with Crippen molar-refractivity contribution >= 4 is 21.6 Å². The molecule has 0 radical (unpaired) electrons. The monoisotopic (exact) mass is 441 g/mol. The number of sulfonamides is 1. The third kappa shape index (κ3) is 4.33. The number of nitrogens with zero attached hydrogens (tertiary/aromatic N) is 2. The third-order valence-corrected chi connectivity index (χ3v) is 7.29. The van der Waals surface area contributed by atoms with Crippen LogP contribution in [0.15, 0.2) is 64.0 Å². The summed E-state index contributed by atoms with van der Waals surface area (Å²) in [6.45, 7) is 3.40. The molecule has 1 aliphatic rings. The molecular formula is C22H23N3O5S. The lowest BCUT2D eigenvalue weighted by atomic mass is 10.2. The molecule has 1 saturated heterocycles. The average molecular weight is 442 g/mol. The van der Waals surface area contributed by atoms with Gasteiger partial charge in [0.05, 0.1) is 0 Å². The predicted octanol–water partition coefficient (Wildman–Crippen LogP) is 3.88. The van der Waals surface area contributed by atoms with Crippen molar-refractivity contribution in [2.24, 2.45) is 0 Å². The molecule has 2 heterocycles. The summed E-state index contributed by atoms with van der Waals surface area (Å²) >= 11 is 0. The van der Waals surface area contributed by atoms with E-state index in [2.05, 4.69) is 10.5 Å². The molecule has 9 heteroatoms. The van der Waals surface area contributed by atoms with Crippen LogP contribution in [0, 0.1) is 13.8 Å². The largest absolute Gasteiger partial charge is 0.457 e. The van der Waals surface area contributed by atoms with Gasteiger partial charge in [0.2, 0.25) is 15.9 Å². The molecule has 1 amide bonds. The maximum atomic E-state index is 13.2. The normalized spacial score (nSPS) is 16.9. The summed E-state index contributed by atoms with van der Waals surface area (Å²) < 4.78 is 38.3. The summed E-state index contributed by atoms with van der Waals surface area (Å²) in [6, 6.07) is 15.5. The fourth-order valence-electron chi connectivity index (χ4n) is 3.71. The Labute approximate surface area is 180 Å². The van der Waals surface area contributed by atoms with Gasteiger partial charge in [-0.1, -0.05) is 23.4 Å². The van der Waals surface area contributed by atoms with E-state index in [1.807, 2.05) is 30.3 Å². The number of ether oxygens (including phenoxy) is 1. The Hall–Kier alpha value is -3.17. The summed E-state index contributed by atoms with van der Waals surface area (Å²) in [5, 5.41) is 6.55. The zero-order valence-corrected chi connectivity index (χ0v) is 18.1. The number of hydrogen-bond acceptors (Lipinski definition) is 6. The number of anilines is 1. The zero-order chi connectivity index (χ0) is 22.0. The Balaban J connectivity index is 1.46. The lowest BCUT2D eigenvalue weighted by molar-refractivity contribution is -0.119. The van der Waals surface area contributed by atoms with Crippen LogP contribution in [-0.4, -0.2) is 36.4 Å². The molecule has 1 atom stereocenters. The number of para-hydroxylation sites is 1. The van der Waals surface area contributed by atoms with Gasteiger partial charge in [-0.3, -0.25) is 4.79 Å². The van der Waals surface area contributed by atoms with Gasteiger partial charge < -0.3 is 14.6 Å². The summed E-state index contributed by atoms with van der Waals surface area (Å²) in [4.78, 5) is 12.9. The van der Waals surface area contributed by atoms with E-state index < -0.39 is 16.1 Å². The topological polar surface area (TPSA) is 102 Å². The molecule has 162 valence electrons. The molecule has 0 spiro atoms. The second kappa shape index (κ2) is 8.52. The van der Waals surface area contributed by atoms with Crippen LogP contribution >= 0.6 is 0 Å². The van der Waals surface area contributed by atoms with Crippen LogP contribution in [0.1, 0.15) is 24.3 Å². The third-order valence-electron chi connectivity index (χ3n) is 5.14. The van der Waals surface area contributed by atoms with Gasteiger partial charge in [-0.05, 0) is 63.1 Å². The lowest BCUT2D eigenvalue weighted by Gasteiger charge is -2.23. The standard InChI is InChI=1S/C22H23N3O5S/c1-15-21(16(2)30-24-15)31(27,28)25-14-6-9-20(25)22(26)23-17-10-12-19(13-11-17)29-18-7-4-3-5-8-18/h3-5,7-8,10-13,20H,6,9,14H2,1-2H3,(H,23,26)/t20-/m0/s1. The van der Waals surface area contributed by atoms with Crippen LogP contribution in [0.2, 0.25) is 0 Å². The van der Waals surface area contributed by atoms with Crippen LogP contribution in [-0.2, 0) is 14.8 Å². The van der Waals surface area contributed by atoms with Crippen LogP contribution in [0.4, 0.5) is 5.69 Å². The van der Waals surface area contributed by atoms with Crippen molar-refractivity contribution in [2.75, 3.05) is 11.9 Å². The Morgan fingerprint density at radius 1 is 1.10 bits per heavy atom. The van der Waals surface area contributed by atoms with Gasteiger partial charge >= 0.3 is 0 Å². The van der Waals surface area contributed by atoms with E-state index in [4.69, 9.17) is 9.26 Å². The summed E-state index contributed by atoms with van der Waals surface area (Å²) in [5.74, 6) is 1.19.